The van der Waals surface area contributed by atoms with Crippen molar-refractivity contribution in [3.05, 3.63) is 0 Å². The fraction of sp³-hybridized carbons (Fsp3) is 0.909. The maximum absolute atomic E-state index is 12.0. The normalized spacial score (nSPS) is 39.7. The van der Waals surface area contributed by atoms with Gasteiger partial charge in [-0.1, -0.05) is 0 Å². The Bertz CT molecular complexity index is 321. The van der Waals surface area contributed by atoms with E-state index in [1.54, 1.807) is 4.90 Å². The SMILES string of the molecule is O=C(NC1COC2C(O)COC12)N1CCOCC1. The number of hydrogen-bond acceptors (Lipinski definition) is 5. The fourth-order valence-corrected chi connectivity index (χ4v) is 2.62. The summed E-state index contributed by atoms with van der Waals surface area (Å²) in [6.07, 6.45) is -1.12. The van der Waals surface area contributed by atoms with Gasteiger partial charge in [0.25, 0.3) is 0 Å². The molecule has 2 N–H and O–H groups in total. The van der Waals surface area contributed by atoms with Gasteiger partial charge in [0.1, 0.15) is 18.3 Å². The van der Waals surface area contributed by atoms with Crippen LogP contribution in [0.3, 0.4) is 0 Å². The highest BCUT2D eigenvalue weighted by Crippen LogP contribution is 2.27. The molecule has 0 bridgehead atoms. The number of nitrogens with one attached hydrogen (secondary N) is 1. The highest BCUT2D eigenvalue weighted by atomic mass is 16.6. The summed E-state index contributed by atoms with van der Waals surface area (Å²) in [5.41, 5.74) is 0. The van der Waals surface area contributed by atoms with Crippen molar-refractivity contribution in [1.29, 1.82) is 0 Å². The summed E-state index contributed by atoms with van der Waals surface area (Å²) in [4.78, 5) is 13.7. The van der Waals surface area contributed by atoms with Crippen LogP contribution in [-0.2, 0) is 14.2 Å². The van der Waals surface area contributed by atoms with Crippen LogP contribution in [0.1, 0.15) is 0 Å². The molecular weight excluding hydrogens is 240 g/mol. The Labute approximate surface area is 105 Å². The van der Waals surface area contributed by atoms with Gasteiger partial charge in [0.15, 0.2) is 0 Å². The number of aliphatic hydroxyl groups excluding tert-OH is 1. The Kier molecular flexibility index (Phi) is 3.38. The van der Waals surface area contributed by atoms with Crippen molar-refractivity contribution >= 4 is 6.03 Å². The Morgan fingerprint density at radius 2 is 1.89 bits per heavy atom. The van der Waals surface area contributed by atoms with Gasteiger partial charge in [-0.15, -0.1) is 0 Å². The molecule has 0 radical (unpaired) electrons. The zero-order chi connectivity index (χ0) is 12.5. The number of amides is 2. The molecule has 0 saturated carbocycles. The molecule has 7 nitrogen and oxygen atoms in total. The van der Waals surface area contributed by atoms with Gasteiger partial charge in [0.2, 0.25) is 0 Å². The van der Waals surface area contributed by atoms with E-state index in [0.29, 0.717) is 32.9 Å². The first-order valence-electron chi connectivity index (χ1n) is 6.30. The molecule has 3 saturated heterocycles. The van der Waals surface area contributed by atoms with E-state index in [9.17, 15) is 9.90 Å². The van der Waals surface area contributed by atoms with Crippen molar-refractivity contribution in [2.45, 2.75) is 24.4 Å². The maximum Gasteiger partial charge on any atom is 0.317 e. The van der Waals surface area contributed by atoms with E-state index in [1.165, 1.54) is 0 Å². The van der Waals surface area contributed by atoms with Crippen LogP contribution in [0.2, 0.25) is 0 Å². The fourth-order valence-electron chi connectivity index (χ4n) is 2.62. The predicted octanol–water partition coefficient (Wildman–Crippen LogP) is -1.44. The molecule has 0 aliphatic carbocycles. The van der Waals surface area contributed by atoms with Gasteiger partial charge < -0.3 is 29.5 Å². The molecule has 3 fully saturated rings. The molecule has 3 heterocycles. The van der Waals surface area contributed by atoms with Gasteiger partial charge in [0.05, 0.1) is 32.5 Å². The first kappa shape index (κ1) is 12.2. The second kappa shape index (κ2) is 5.00. The number of fused-ring (bicyclic) bond motifs is 1. The van der Waals surface area contributed by atoms with Crippen molar-refractivity contribution in [1.82, 2.24) is 10.2 Å². The third-order valence-electron chi connectivity index (χ3n) is 3.63. The van der Waals surface area contributed by atoms with Crippen molar-refractivity contribution in [2.24, 2.45) is 0 Å². The first-order chi connectivity index (χ1) is 8.75. The molecule has 0 aromatic carbocycles. The summed E-state index contributed by atoms with van der Waals surface area (Å²) < 4.78 is 16.1. The van der Waals surface area contributed by atoms with Crippen LogP contribution in [0.5, 0.6) is 0 Å². The molecule has 0 aromatic heterocycles. The molecule has 4 atom stereocenters. The summed E-state index contributed by atoms with van der Waals surface area (Å²) >= 11 is 0. The number of rotatable bonds is 1. The zero-order valence-electron chi connectivity index (χ0n) is 10.1. The van der Waals surface area contributed by atoms with E-state index in [1.807, 2.05) is 0 Å². The minimum absolute atomic E-state index is 0.113. The lowest BCUT2D eigenvalue weighted by atomic mass is 10.1. The summed E-state index contributed by atoms with van der Waals surface area (Å²) in [5.74, 6) is 0. The molecule has 2 amide bonds. The predicted molar refractivity (Wildman–Crippen MR) is 60.2 cm³/mol. The minimum atomic E-state index is -0.583. The lowest BCUT2D eigenvalue weighted by molar-refractivity contribution is 0.0177. The molecule has 0 aromatic rings. The first-order valence-corrected chi connectivity index (χ1v) is 6.30. The molecule has 0 spiro atoms. The van der Waals surface area contributed by atoms with Gasteiger partial charge in [-0.2, -0.15) is 0 Å². The largest absolute Gasteiger partial charge is 0.388 e. The summed E-state index contributed by atoms with van der Waals surface area (Å²) in [5, 5.41) is 12.5. The van der Waals surface area contributed by atoms with Gasteiger partial charge in [-0.3, -0.25) is 0 Å². The van der Waals surface area contributed by atoms with E-state index >= 15 is 0 Å². The molecule has 18 heavy (non-hydrogen) atoms. The number of aliphatic hydroxyl groups is 1. The number of carbonyl (C=O) groups excluding carboxylic acids is 1. The second-order valence-corrected chi connectivity index (χ2v) is 4.82. The summed E-state index contributed by atoms with van der Waals surface area (Å²) in [7, 11) is 0. The number of hydrogen-bond donors (Lipinski definition) is 2. The quantitative estimate of drug-likeness (QED) is 0.602. The molecule has 3 rings (SSSR count). The molecule has 4 unspecified atom stereocenters. The van der Waals surface area contributed by atoms with E-state index in [4.69, 9.17) is 14.2 Å². The average Bonchev–Trinajstić information content (AvgIpc) is 2.95. The van der Waals surface area contributed by atoms with Gasteiger partial charge >= 0.3 is 6.03 Å². The van der Waals surface area contributed by atoms with E-state index < -0.39 is 6.10 Å². The molecule has 7 heteroatoms. The molecule has 3 aliphatic heterocycles. The minimum Gasteiger partial charge on any atom is -0.388 e. The Balaban J connectivity index is 1.55. The Morgan fingerprint density at radius 1 is 1.17 bits per heavy atom. The number of carbonyl (C=O) groups is 1. The van der Waals surface area contributed by atoms with Crippen LogP contribution in [0, 0.1) is 0 Å². The third kappa shape index (κ3) is 2.18. The highest BCUT2D eigenvalue weighted by Gasteiger charge is 2.47. The Hall–Kier alpha value is -0.890. The van der Waals surface area contributed by atoms with Crippen LogP contribution in [0.25, 0.3) is 0 Å². The van der Waals surface area contributed by atoms with Crippen LogP contribution in [0.15, 0.2) is 0 Å². The lowest BCUT2D eigenvalue weighted by Crippen LogP contribution is -2.52. The van der Waals surface area contributed by atoms with Crippen LogP contribution in [0.4, 0.5) is 4.79 Å². The van der Waals surface area contributed by atoms with Crippen LogP contribution >= 0.6 is 0 Å². The number of ether oxygens (including phenoxy) is 3. The van der Waals surface area contributed by atoms with E-state index in [0.717, 1.165) is 0 Å². The van der Waals surface area contributed by atoms with Crippen molar-refractivity contribution in [3.63, 3.8) is 0 Å². The monoisotopic (exact) mass is 258 g/mol. The van der Waals surface area contributed by atoms with Crippen molar-refractivity contribution < 1.29 is 24.1 Å². The van der Waals surface area contributed by atoms with E-state index in [-0.39, 0.29) is 30.9 Å². The standard InChI is InChI=1S/C11H18N2O5/c14-8-6-18-9-7(5-17-10(8)9)12-11(15)13-1-3-16-4-2-13/h7-10,14H,1-6H2,(H,12,15). The van der Waals surface area contributed by atoms with Crippen molar-refractivity contribution in [2.75, 3.05) is 39.5 Å². The number of morpholine rings is 1. The topological polar surface area (TPSA) is 80.3 Å². The van der Waals surface area contributed by atoms with Crippen molar-refractivity contribution in [3.8, 4) is 0 Å². The number of urea groups is 1. The van der Waals surface area contributed by atoms with Crippen LogP contribution in [-0.4, -0.2) is 79.9 Å². The van der Waals surface area contributed by atoms with Crippen LogP contribution < -0.4 is 5.32 Å². The highest BCUT2D eigenvalue weighted by molar-refractivity contribution is 5.74. The number of nitrogens with zero attached hydrogens (tertiary/aromatic N) is 1. The molecular formula is C11H18N2O5. The summed E-state index contributed by atoms with van der Waals surface area (Å²) in [6, 6.07) is -0.292. The van der Waals surface area contributed by atoms with Gasteiger partial charge in [-0.25, -0.2) is 4.79 Å². The summed E-state index contributed by atoms with van der Waals surface area (Å²) in [6.45, 7) is 3.04. The third-order valence-corrected chi connectivity index (χ3v) is 3.63. The molecule has 102 valence electrons. The smallest absolute Gasteiger partial charge is 0.317 e. The lowest BCUT2D eigenvalue weighted by Gasteiger charge is -2.29. The Morgan fingerprint density at radius 3 is 2.67 bits per heavy atom. The zero-order valence-corrected chi connectivity index (χ0v) is 10.1. The average molecular weight is 258 g/mol. The second-order valence-electron chi connectivity index (χ2n) is 4.82. The molecule has 3 aliphatic rings. The maximum atomic E-state index is 12.0. The van der Waals surface area contributed by atoms with Gasteiger partial charge in [0, 0.05) is 13.1 Å². The van der Waals surface area contributed by atoms with Gasteiger partial charge in [-0.05, 0) is 0 Å². The van der Waals surface area contributed by atoms with E-state index in [2.05, 4.69) is 5.32 Å².